The fourth-order valence-electron chi connectivity index (χ4n) is 1.93. The van der Waals surface area contributed by atoms with Crippen LogP contribution in [0.1, 0.15) is 17.3 Å². The number of carbonyl (C=O) groups excluding carboxylic acids is 2. The summed E-state index contributed by atoms with van der Waals surface area (Å²) in [6.45, 7) is 1.23. The number of methoxy groups -OCH3 is 1. The zero-order valence-electron chi connectivity index (χ0n) is 13.4. The molecule has 2 rings (SSSR count). The molecule has 1 atom stereocenters. The number of amides is 1. The molecule has 0 bridgehead atoms. The molecular weight excluding hydrogens is 336 g/mol. The number of ether oxygens (including phenoxy) is 2. The zero-order chi connectivity index (χ0) is 18.6. The minimum Gasteiger partial charge on any atom is -0.507 e. The van der Waals surface area contributed by atoms with E-state index in [1.165, 1.54) is 32.2 Å². The van der Waals surface area contributed by atoms with Gasteiger partial charge in [0.05, 0.1) is 7.11 Å². The van der Waals surface area contributed by atoms with Crippen molar-refractivity contribution in [1.29, 1.82) is 0 Å². The average molecular weight is 351 g/mol. The quantitative estimate of drug-likeness (QED) is 0.809. The van der Waals surface area contributed by atoms with Gasteiger partial charge in [-0.15, -0.1) is 0 Å². The topological polar surface area (TPSA) is 84.9 Å². The number of phenolic OH excluding ortho intramolecular Hbond substituents is 1. The van der Waals surface area contributed by atoms with Crippen molar-refractivity contribution in [3.05, 3.63) is 53.6 Å². The van der Waals surface area contributed by atoms with Crippen LogP contribution in [0.25, 0.3) is 0 Å². The number of esters is 1. The molecule has 0 aromatic heterocycles. The minimum absolute atomic E-state index is 0.212. The SMILES string of the molecule is COc1ccc(O)c(C(=O)O[C@@H](C)C(=O)Nc2c(F)cccc2F)c1. The molecule has 8 heteroatoms. The van der Waals surface area contributed by atoms with Gasteiger partial charge in [0, 0.05) is 0 Å². The molecule has 0 aliphatic rings. The molecule has 0 aliphatic carbocycles. The van der Waals surface area contributed by atoms with Crippen molar-refractivity contribution >= 4 is 17.6 Å². The summed E-state index contributed by atoms with van der Waals surface area (Å²) in [5, 5.41) is 11.7. The lowest BCUT2D eigenvalue weighted by Crippen LogP contribution is -2.30. The summed E-state index contributed by atoms with van der Waals surface area (Å²) in [7, 11) is 1.38. The van der Waals surface area contributed by atoms with Gasteiger partial charge in [-0.2, -0.15) is 0 Å². The third-order valence-electron chi connectivity index (χ3n) is 3.29. The number of nitrogens with one attached hydrogen (secondary N) is 1. The summed E-state index contributed by atoms with van der Waals surface area (Å²) < 4.78 is 36.9. The number of carbonyl (C=O) groups is 2. The van der Waals surface area contributed by atoms with Crippen LogP contribution in [-0.4, -0.2) is 30.2 Å². The molecule has 25 heavy (non-hydrogen) atoms. The number of rotatable bonds is 5. The Morgan fingerprint density at radius 3 is 2.40 bits per heavy atom. The number of anilines is 1. The Hall–Kier alpha value is -3.16. The Kier molecular flexibility index (Phi) is 5.53. The predicted molar refractivity (Wildman–Crippen MR) is 84.5 cm³/mol. The first-order valence-electron chi connectivity index (χ1n) is 7.16. The standard InChI is InChI=1S/C17H15F2NO5/c1-9(16(22)20-15-12(18)4-3-5-13(15)19)25-17(23)11-8-10(24-2)6-7-14(11)21/h3-9,21H,1-2H3,(H,20,22)/t9-/m0/s1. The van der Waals surface area contributed by atoms with E-state index in [0.717, 1.165) is 18.2 Å². The second kappa shape index (κ2) is 7.61. The molecule has 132 valence electrons. The van der Waals surface area contributed by atoms with E-state index < -0.39 is 35.3 Å². The third-order valence-corrected chi connectivity index (χ3v) is 3.29. The molecule has 0 fully saturated rings. The highest BCUT2D eigenvalue weighted by Crippen LogP contribution is 2.24. The van der Waals surface area contributed by atoms with Gasteiger partial charge >= 0.3 is 5.97 Å². The summed E-state index contributed by atoms with van der Waals surface area (Å²) in [6.07, 6.45) is -1.36. The largest absolute Gasteiger partial charge is 0.507 e. The molecule has 0 saturated carbocycles. The third kappa shape index (κ3) is 4.23. The summed E-state index contributed by atoms with van der Waals surface area (Å²) in [5.41, 5.74) is -0.851. The van der Waals surface area contributed by atoms with Crippen molar-refractivity contribution < 1.29 is 33.0 Å². The number of phenols is 1. The molecule has 0 saturated heterocycles. The number of hydrogen-bond donors (Lipinski definition) is 2. The highest BCUT2D eigenvalue weighted by molar-refractivity contribution is 5.98. The highest BCUT2D eigenvalue weighted by Gasteiger charge is 2.23. The molecule has 1 amide bonds. The Bertz CT molecular complexity index is 789. The molecule has 6 nitrogen and oxygen atoms in total. The van der Waals surface area contributed by atoms with Gasteiger partial charge in [-0.3, -0.25) is 4.79 Å². The van der Waals surface area contributed by atoms with Gasteiger partial charge < -0.3 is 19.9 Å². The molecule has 0 unspecified atom stereocenters. The van der Waals surface area contributed by atoms with Gasteiger partial charge in [0.2, 0.25) is 0 Å². The van der Waals surface area contributed by atoms with Crippen LogP contribution in [0.4, 0.5) is 14.5 Å². The van der Waals surface area contributed by atoms with Crippen LogP contribution in [0.5, 0.6) is 11.5 Å². The molecule has 2 aromatic carbocycles. The summed E-state index contributed by atoms with van der Waals surface area (Å²) in [4.78, 5) is 24.1. The normalized spacial score (nSPS) is 11.5. The summed E-state index contributed by atoms with van der Waals surface area (Å²) in [6, 6.07) is 7.00. The van der Waals surface area contributed by atoms with E-state index in [1.54, 1.807) is 0 Å². The Morgan fingerprint density at radius 1 is 1.16 bits per heavy atom. The maximum Gasteiger partial charge on any atom is 0.342 e. The molecular formula is C17H15F2NO5. The number of aromatic hydroxyl groups is 1. The zero-order valence-corrected chi connectivity index (χ0v) is 13.4. The van der Waals surface area contributed by atoms with Crippen LogP contribution >= 0.6 is 0 Å². The summed E-state index contributed by atoms with van der Waals surface area (Å²) >= 11 is 0. The van der Waals surface area contributed by atoms with Crippen molar-refractivity contribution in [1.82, 2.24) is 0 Å². The van der Waals surface area contributed by atoms with E-state index in [1.807, 2.05) is 5.32 Å². The maximum atomic E-state index is 13.5. The predicted octanol–water partition coefficient (Wildman–Crippen LogP) is 2.86. The lowest BCUT2D eigenvalue weighted by Gasteiger charge is -2.15. The lowest BCUT2D eigenvalue weighted by atomic mass is 10.2. The lowest BCUT2D eigenvalue weighted by molar-refractivity contribution is -0.123. The van der Waals surface area contributed by atoms with Gasteiger partial charge in [0.1, 0.15) is 34.4 Å². The Balaban J connectivity index is 2.10. The first-order valence-corrected chi connectivity index (χ1v) is 7.16. The van der Waals surface area contributed by atoms with E-state index in [-0.39, 0.29) is 11.3 Å². The van der Waals surface area contributed by atoms with E-state index in [0.29, 0.717) is 5.75 Å². The molecule has 0 radical (unpaired) electrons. The van der Waals surface area contributed by atoms with E-state index in [4.69, 9.17) is 9.47 Å². The van der Waals surface area contributed by atoms with Gasteiger partial charge in [-0.25, -0.2) is 13.6 Å². The van der Waals surface area contributed by atoms with Gasteiger partial charge in [0.25, 0.3) is 5.91 Å². The molecule has 0 heterocycles. The van der Waals surface area contributed by atoms with Gasteiger partial charge in [-0.05, 0) is 37.3 Å². The van der Waals surface area contributed by atoms with Crippen molar-refractivity contribution in [2.24, 2.45) is 0 Å². The average Bonchev–Trinajstić information content (AvgIpc) is 2.58. The van der Waals surface area contributed by atoms with E-state index in [9.17, 15) is 23.5 Å². The van der Waals surface area contributed by atoms with Crippen LogP contribution in [-0.2, 0) is 9.53 Å². The fraction of sp³-hybridized carbons (Fsp3) is 0.176. The van der Waals surface area contributed by atoms with Crippen molar-refractivity contribution in [2.75, 3.05) is 12.4 Å². The molecule has 0 aliphatic heterocycles. The molecule has 2 N–H and O–H groups in total. The van der Waals surface area contributed by atoms with Crippen molar-refractivity contribution in [3.8, 4) is 11.5 Å². The monoisotopic (exact) mass is 351 g/mol. The van der Waals surface area contributed by atoms with E-state index >= 15 is 0 Å². The molecule has 2 aromatic rings. The van der Waals surface area contributed by atoms with Crippen LogP contribution in [0.2, 0.25) is 0 Å². The summed E-state index contributed by atoms with van der Waals surface area (Å²) in [5.74, 6) is -3.91. The number of hydrogen-bond acceptors (Lipinski definition) is 5. The van der Waals surface area contributed by atoms with Crippen LogP contribution in [0.3, 0.4) is 0 Å². The van der Waals surface area contributed by atoms with Crippen molar-refractivity contribution in [3.63, 3.8) is 0 Å². The number of benzene rings is 2. The highest BCUT2D eigenvalue weighted by atomic mass is 19.1. The number of para-hydroxylation sites is 1. The Labute approximate surface area is 142 Å². The Morgan fingerprint density at radius 2 is 1.80 bits per heavy atom. The van der Waals surface area contributed by atoms with Crippen LogP contribution in [0.15, 0.2) is 36.4 Å². The van der Waals surface area contributed by atoms with Gasteiger partial charge in [-0.1, -0.05) is 6.07 Å². The van der Waals surface area contributed by atoms with Crippen LogP contribution < -0.4 is 10.1 Å². The number of halogens is 2. The van der Waals surface area contributed by atoms with Gasteiger partial charge in [0.15, 0.2) is 6.10 Å². The molecule has 0 spiro atoms. The first kappa shape index (κ1) is 18.2. The second-order valence-corrected chi connectivity index (χ2v) is 5.02. The minimum atomic E-state index is -1.36. The van der Waals surface area contributed by atoms with E-state index in [2.05, 4.69) is 0 Å². The fourth-order valence-corrected chi connectivity index (χ4v) is 1.93. The van der Waals surface area contributed by atoms with Crippen LogP contribution in [0, 0.1) is 11.6 Å². The maximum absolute atomic E-state index is 13.5. The second-order valence-electron chi connectivity index (χ2n) is 5.02. The smallest absolute Gasteiger partial charge is 0.342 e. The first-order chi connectivity index (χ1) is 11.8. The van der Waals surface area contributed by atoms with Crippen molar-refractivity contribution in [2.45, 2.75) is 13.0 Å².